The zero-order valence-corrected chi connectivity index (χ0v) is 19.6. The molecule has 35 heavy (non-hydrogen) atoms. The number of fused-ring (bicyclic) bond motifs is 1. The maximum atomic E-state index is 13.4. The van der Waals surface area contributed by atoms with Crippen LogP contribution < -0.4 is 15.0 Å². The molecule has 2 heterocycles. The zero-order chi connectivity index (χ0) is 25.2. The van der Waals surface area contributed by atoms with Crippen molar-refractivity contribution in [1.82, 2.24) is 15.1 Å². The molecule has 1 aromatic heterocycles. The molecule has 0 aliphatic carbocycles. The van der Waals surface area contributed by atoms with Gasteiger partial charge in [0.25, 0.3) is 11.8 Å². The van der Waals surface area contributed by atoms with E-state index in [9.17, 15) is 19.1 Å². The predicted octanol–water partition coefficient (Wildman–Crippen LogP) is 2.35. The zero-order valence-electron chi connectivity index (χ0n) is 19.6. The number of carbonyl (C=O) groups is 2. The monoisotopic (exact) mass is 476 g/mol. The van der Waals surface area contributed by atoms with Crippen molar-refractivity contribution in [3.05, 3.63) is 77.4 Å². The summed E-state index contributed by atoms with van der Waals surface area (Å²) in [6.07, 6.45) is 1.61. The van der Waals surface area contributed by atoms with Gasteiger partial charge in [-0.15, -0.1) is 0 Å². The molecule has 1 unspecified atom stereocenters. The Morgan fingerprint density at radius 2 is 2.09 bits per heavy atom. The molecular weight excluding hydrogens is 451 g/mol. The number of hydrogen-bond acceptors (Lipinski definition) is 5. The van der Waals surface area contributed by atoms with Gasteiger partial charge in [-0.3, -0.25) is 14.3 Å². The first kappa shape index (κ1) is 24.0. The number of amides is 2. The Bertz CT molecular complexity index is 1330. The van der Waals surface area contributed by atoms with Gasteiger partial charge in [0, 0.05) is 18.8 Å². The lowest BCUT2D eigenvalue weighted by molar-refractivity contribution is -0.120. The number of likely N-dealkylation sites (N-methyl/N-ethyl adjacent to an activating group) is 1. The van der Waals surface area contributed by atoms with Gasteiger partial charge in [-0.2, -0.15) is 5.10 Å². The summed E-state index contributed by atoms with van der Waals surface area (Å²) >= 11 is 0. The summed E-state index contributed by atoms with van der Waals surface area (Å²) in [5.74, 6) is 4.87. The molecule has 0 radical (unpaired) electrons. The smallest absolute Gasteiger partial charge is 0.272 e. The minimum atomic E-state index is -1.15. The van der Waals surface area contributed by atoms with Crippen LogP contribution >= 0.6 is 0 Å². The first-order valence-electron chi connectivity index (χ1n) is 11.0. The van der Waals surface area contributed by atoms with Crippen molar-refractivity contribution in [3.63, 3.8) is 0 Å². The third-order valence-electron chi connectivity index (χ3n) is 5.28. The number of benzene rings is 2. The molecule has 9 heteroatoms. The minimum absolute atomic E-state index is 0.0549. The van der Waals surface area contributed by atoms with E-state index < -0.39 is 17.6 Å². The number of anilines is 1. The summed E-state index contributed by atoms with van der Waals surface area (Å²) in [6.45, 7) is 3.41. The van der Waals surface area contributed by atoms with Gasteiger partial charge in [0.15, 0.2) is 0 Å². The van der Waals surface area contributed by atoms with Crippen LogP contribution in [-0.2, 0) is 11.3 Å². The number of rotatable bonds is 4. The largest absolute Gasteiger partial charge is 0.489 e. The standard InChI is InChI=1S/C26H25FN4O4/c1-26(2,34)11-9-17-7-8-23-22(14-17)30(3)25(33)21(16-35-23)28-24(32)20-10-12-31(29-20)15-18-5-4-6-19(27)13-18/h4-8,10,12-14,21,34H,15-16H2,1-3H3,(H,28,32). The summed E-state index contributed by atoms with van der Waals surface area (Å²) in [4.78, 5) is 27.3. The fourth-order valence-electron chi connectivity index (χ4n) is 3.53. The Hall–Kier alpha value is -4.16. The molecule has 8 nitrogen and oxygen atoms in total. The van der Waals surface area contributed by atoms with Crippen molar-refractivity contribution in [2.45, 2.75) is 32.0 Å². The topological polar surface area (TPSA) is 96.7 Å². The maximum Gasteiger partial charge on any atom is 0.272 e. The van der Waals surface area contributed by atoms with Crippen molar-refractivity contribution in [2.75, 3.05) is 18.6 Å². The van der Waals surface area contributed by atoms with E-state index in [4.69, 9.17) is 4.74 Å². The fraction of sp³-hybridized carbons (Fsp3) is 0.269. The van der Waals surface area contributed by atoms with Crippen LogP contribution in [0.25, 0.3) is 0 Å². The first-order chi connectivity index (χ1) is 16.6. The van der Waals surface area contributed by atoms with Gasteiger partial charge in [-0.1, -0.05) is 24.0 Å². The fourth-order valence-corrected chi connectivity index (χ4v) is 3.53. The number of aliphatic hydroxyl groups is 1. The van der Waals surface area contributed by atoms with E-state index in [0.29, 0.717) is 29.1 Å². The van der Waals surface area contributed by atoms with Crippen LogP contribution in [0.1, 0.15) is 35.5 Å². The number of nitrogens with zero attached hydrogens (tertiary/aromatic N) is 3. The molecule has 0 saturated heterocycles. The van der Waals surface area contributed by atoms with Crippen molar-refractivity contribution in [2.24, 2.45) is 0 Å². The Balaban J connectivity index is 1.45. The van der Waals surface area contributed by atoms with Gasteiger partial charge in [0.1, 0.15) is 35.5 Å². The highest BCUT2D eigenvalue weighted by molar-refractivity contribution is 6.02. The van der Waals surface area contributed by atoms with Crippen molar-refractivity contribution in [1.29, 1.82) is 0 Å². The average Bonchev–Trinajstić information content (AvgIpc) is 3.23. The summed E-state index contributed by atoms with van der Waals surface area (Å²) in [5, 5.41) is 16.8. The maximum absolute atomic E-state index is 13.4. The van der Waals surface area contributed by atoms with Gasteiger partial charge < -0.3 is 20.1 Å². The molecule has 180 valence electrons. The quantitative estimate of drug-likeness (QED) is 0.564. The molecule has 3 aromatic rings. The van der Waals surface area contributed by atoms with E-state index in [1.54, 1.807) is 57.4 Å². The van der Waals surface area contributed by atoms with Crippen LogP contribution in [0.5, 0.6) is 5.75 Å². The van der Waals surface area contributed by atoms with Crippen LogP contribution in [0.4, 0.5) is 10.1 Å². The normalized spacial score (nSPS) is 15.4. The van der Waals surface area contributed by atoms with Gasteiger partial charge >= 0.3 is 0 Å². The second-order valence-electron chi connectivity index (χ2n) is 8.75. The summed E-state index contributed by atoms with van der Waals surface area (Å²) in [5.41, 5.74) is 0.806. The first-order valence-corrected chi connectivity index (χ1v) is 11.0. The molecular formula is C26H25FN4O4. The molecule has 0 fully saturated rings. The molecule has 2 amide bonds. The highest BCUT2D eigenvalue weighted by Gasteiger charge is 2.31. The number of halogens is 1. The van der Waals surface area contributed by atoms with Crippen molar-refractivity contribution in [3.8, 4) is 17.6 Å². The van der Waals surface area contributed by atoms with E-state index >= 15 is 0 Å². The Labute approximate surface area is 202 Å². The van der Waals surface area contributed by atoms with Crippen molar-refractivity contribution >= 4 is 17.5 Å². The van der Waals surface area contributed by atoms with Gasteiger partial charge in [0.05, 0.1) is 12.2 Å². The molecule has 1 aliphatic rings. The van der Waals surface area contributed by atoms with Crippen LogP contribution in [0.15, 0.2) is 54.7 Å². The van der Waals surface area contributed by atoms with E-state index in [0.717, 1.165) is 0 Å². The lowest BCUT2D eigenvalue weighted by Crippen LogP contribution is -2.49. The number of aromatic nitrogens is 2. The molecule has 2 aromatic carbocycles. The van der Waals surface area contributed by atoms with E-state index in [1.165, 1.54) is 27.8 Å². The van der Waals surface area contributed by atoms with Crippen LogP contribution in [0.3, 0.4) is 0 Å². The van der Waals surface area contributed by atoms with Crippen molar-refractivity contribution < 1.29 is 23.8 Å². The average molecular weight is 477 g/mol. The number of hydrogen-bond donors (Lipinski definition) is 2. The summed E-state index contributed by atoms with van der Waals surface area (Å²) in [6, 6.07) is 11.9. The van der Waals surface area contributed by atoms with Gasteiger partial charge in [-0.05, 0) is 55.8 Å². The van der Waals surface area contributed by atoms with Crippen LogP contribution in [0, 0.1) is 17.7 Å². The highest BCUT2D eigenvalue weighted by atomic mass is 19.1. The number of nitrogens with one attached hydrogen (secondary N) is 1. The van der Waals surface area contributed by atoms with E-state index in [1.807, 2.05) is 0 Å². The van der Waals surface area contributed by atoms with Gasteiger partial charge in [-0.25, -0.2) is 4.39 Å². The Kier molecular flexibility index (Phi) is 6.58. The predicted molar refractivity (Wildman–Crippen MR) is 128 cm³/mol. The number of carbonyl (C=O) groups excluding carboxylic acids is 2. The molecule has 0 saturated carbocycles. The molecule has 4 rings (SSSR count). The lowest BCUT2D eigenvalue weighted by Gasteiger charge is -2.20. The summed E-state index contributed by atoms with van der Waals surface area (Å²) < 4.78 is 20.7. The SMILES string of the molecule is CN1C(=O)C(NC(=O)c2ccn(Cc3cccc(F)c3)n2)COc2ccc(C#CC(C)(C)O)cc21. The van der Waals surface area contributed by atoms with Crippen LogP contribution in [-0.4, -0.2) is 52.0 Å². The lowest BCUT2D eigenvalue weighted by atomic mass is 10.1. The molecule has 2 N–H and O–H groups in total. The Morgan fingerprint density at radius 3 is 2.83 bits per heavy atom. The molecule has 1 atom stereocenters. The van der Waals surface area contributed by atoms with Crippen LogP contribution in [0.2, 0.25) is 0 Å². The van der Waals surface area contributed by atoms with E-state index in [-0.39, 0.29) is 24.0 Å². The highest BCUT2D eigenvalue weighted by Crippen LogP contribution is 2.31. The number of ether oxygens (including phenoxy) is 1. The van der Waals surface area contributed by atoms with E-state index in [2.05, 4.69) is 22.3 Å². The summed E-state index contributed by atoms with van der Waals surface area (Å²) in [7, 11) is 1.59. The molecule has 0 spiro atoms. The second-order valence-corrected chi connectivity index (χ2v) is 8.75. The van der Waals surface area contributed by atoms with Gasteiger partial charge in [0.2, 0.25) is 0 Å². The third-order valence-corrected chi connectivity index (χ3v) is 5.28. The second kappa shape index (κ2) is 9.60. The molecule has 0 bridgehead atoms. The third kappa shape index (κ3) is 5.86. The minimum Gasteiger partial charge on any atom is -0.489 e. The molecule has 1 aliphatic heterocycles. The Morgan fingerprint density at radius 1 is 1.29 bits per heavy atom.